The zero-order valence-corrected chi connectivity index (χ0v) is 22.3. The third kappa shape index (κ3) is 12.0. The van der Waals surface area contributed by atoms with Crippen LogP contribution in [0.25, 0.3) is 0 Å². The fraction of sp³-hybridized carbons (Fsp3) is 0.667. The predicted octanol–water partition coefficient (Wildman–Crippen LogP) is 3.39. The lowest BCUT2D eigenvalue weighted by Gasteiger charge is -2.16. The van der Waals surface area contributed by atoms with Gasteiger partial charge < -0.3 is 25.6 Å². The summed E-state index contributed by atoms with van der Waals surface area (Å²) in [6.07, 6.45) is 8.04. The molecular formula is C24H42IN5O2. The summed E-state index contributed by atoms with van der Waals surface area (Å²) in [5, 5.41) is 9.58. The zero-order chi connectivity index (χ0) is 22.3. The van der Waals surface area contributed by atoms with Gasteiger partial charge in [0.2, 0.25) is 0 Å². The van der Waals surface area contributed by atoms with Crippen molar-refractivity contribution in [3.8, 4) is 0 Å². The van der Waals surface area contributed by atoms with E-state index >= 15 is 0 Å². The molecule has 0 bridgehead atoms. The molecule has 1 aromatic rings. The summed E-state index contributed by atoms with van der Waals surface area (Å²) in [7, 11) is 3.98. The fourth-order valence-corrected chi connectivity index (χ4v) is 3.62. The minimum absolute atomic E-state index is 0. The Kier molecular flexibility index (Phi) is 15.3. The number of hydrogen-bond donors (Lipinski definition) is 3. The molecule has 1 fully saturated rings. The SMILES string of the molecule is CCNC(=NCc1cccc(C(=O)NCCN(C)C)c1)NCCOC1CCCCCC1.I. The minimum Gasteiger partial charge on any atom is -0.376 e. The van der Waals surface area contributed by atoms with Crippen molar-refractivity contribution in [3.05, 3.63) is 35.4 Å². The minimum atomic E-state index is -0.0478. The van der Waals surface area contributed by atoms with Crippen LogP contribution in [0, 0.1) is 0 Å². The van der Waals surface area contributed by atoms with Crippen LogP contribution in [-0.4, -0.2) is 69.8 Å². The molecule has 0 aliphatic heterocycles. The Balaban J connectivity index is 0.00000512. The number of ether oxygens (including phenoxy) is 1. The second-order valence-corrected chi connectivity index (χ2v) is 8.37. The van der Waals surface area contributed by atoms with Crippen molar-refractivity contribution in [2.75, 3.05) is 46.9 Å². The molecule has 32 heavy (non-hydrogen) atoms. The van der Waals surface area contributed by atoms with Crippen LogP contribution in [0.1, 0.15) is 61.4 Å². The molecule has 0 unspecified atom stereocenters. The summed E-state index contributed by atoms with van der Waals surface area (Å²) in [5.41, 5.74) is 1.67. The third-order valence-electron chi connectivity index (χ3n) is 5.35. The van der Waals surface area contributed by atoms with Crippen LogP contribution in [0.3, 0.4) is 0 Å². The maximum atomic E-state index is 12.3. The molecule has 1 saturated carbocycles. The summed E-state index contributed by atoms with van der Waals surface area (Å²) in [6.45, 7) is 6.23. The first kappa shape index (κ1) is 28.6. The first-order valence-corrected chi connectivity index (χ1v) is 11.7. The first-order chi connectivity index (χ1) is 15.1. The number of carbonyl (C=O) groups is 1. The van der Waals surface area contributed by atoms with Crippen molar-refractivity contribution < 1.29 is 9.53 Å². The number of rotatable bonds is 11. The number of nitrogens with zero attached hydrogens (tertiary/aromatic N) is 2. The number of likely N-dealkylation sites (N-methyl/N-ethyl adjacent to an activating group) is 1. The number of halogens is 1. The monoisotopic (exact) mass is 559 g/mol. The molecule has 1 aliphatic rings. The molecule has 7 nitrogen and oxygen atoms in total. The molecule has 0 atom stereocenters. The van der Waals surface area contributed by atoms with Gasteiger partial charge in [0.05, 0.1) is 19.3 Å². The summed E-state index contributed by atoms with van der Waals surface area (Å²) in [6, 6.07) is 7.66. The standard InChI is InChI=1S/C24H41N5O2.HI/c1-4-25-24(27-15-17-31-22-12-7-5-6-8-13-22)28-19-20-10-9-11-21(18-20)23(30)26-14-16-29(2)3;/h9-11,18,22H,4-8,12-17,19H2,1-3H3,(H,26,30)(H2,25,27,28);1H. The van der Waals surface area contributed by atoms with E-state index in [4.69, 9.17) is 4.74 Å². The van der Waals surface area contributed by atoms with Crippen molar-refractivity contribution in [1.82, 2.24) is 20.9 Å². The van der Waals surface area contributed by atoms with E-state index in [-0.39, 0.29) is 29.9 Å². The van der Waals surface area contributed by atoms with Crippen LogP contribution < -0.4 is 16.0 Å². The summed E-state index contributed by atoms with van der Waals surface area (Å²) < 4.78 is 6.05. The van der Waals surface area contributed by atoms with Gasteiger partial charge in [0.15, 0.2) is 5.96 Å². The van der Waals surface area contributed by atoms with Gasteiger partial charge in [-0.05, 0) is 51.6 Å². The molecule has 8 heteroatoms. The Bertz CT molecular complexity index is 676. The van der Waals surface area contributed by atoms with E-state index in [0.29, 0.717) is 31.4 Å². The molecule has 182 valence electrons. The van der Waals surface area contributed by atoms with Gasteiger partial charge in [-0.3, -0.25) is 4.79 Å². The number of hydrogen-bond acceptors (Lipinski definition) is 4. The van der Waals surface area contributed by atoms with Crippen molar-refractivity contribution in [1.29, 1.82) is 0 Å². The highest BCUT2D eigenvalue weighted by Crippen LogP contribution is 2.19. The maximum Gasteiger partial charge on any atom is 0.251 e. The molecule has 0 radical (unpaired) electrons. The molecule has 1 aliphatic carbocycles. The molecule has 0 saturated heterocycles. The quantitative estimate of drug-likeness (QED) is 0.127. The van der Waals surface area contributed by atoms with Crippen LogP contribution in [0.5, 0.6) is 0 Å². The van der Waals surface area contributed by atoms with Crippen LogP contribution in [-0.2, 0) is 11.3 Å². The van der Waals surface area contributed by atoms with E-state index in [9.17, 15) is 4.79 Å². The van der Waals surface area contributed by atoms with Gasteiger partial charge in [0.25, 0.3) is 5.91 Å². The lowest BCUT2D eigenvalue weighted by Crippen LogP contribution is -2.39. The highest BCUT2D eigenvalue weighted by Gasteiger charge is 2.12. The second-order valence-electron chi connectivity index (χ2n) is 8.37. The molecule has 2 rings (SSSR count). The van der Waals surface area contributed by atoms with E-state index in [0.717, 1.165) is 31.2 Å². The number of carbonyl (C=O) groups excluding carboxylic acids is 1. The Hall–Kier alpha value is -1.39. The Morgan fingerprint density at radius 1 is 1.09 bits per heavy atom. The lowest BCUT2D eigenvalue weighted by atomic mass is 10.1. The van der Waals surface area contributed by atoms with E-state index in [1.165, 1.54) is 38.5 Å². The fourth-order valence-electron chi connectivity index (χ4n) is 3.62. The van der Waals surface area contributed by atoms with Gasteiger partial charge in [-0.2, -0.15) is 0 Å². The number of aliphatic imine (C=N–C) groups is 1. The Labute approximate surface area is 211 Å². The zero-order valence-electron chi connectivity index (χ0n) is 20.0. The lowest BCUT2D eigenvalue weighted by molar-refractivity contribution is 0.0468. The number of nitrogens with one attached hydrogen (secondary N) is 3. The average Bonchev–Trinajstić information content (AvgIpc) is 3.03. The Morgan fingerprint density at radius 2 is 1.84 bits per heavy atom. The van der Waals surface area contributed by atoms with Crippen molar-refractivity contribution in [3.63, 3.8) is 0 Å². The normalized spacial score (nSPS) is 15.1. The van der Waals surface area contributed by atoms with Crippen LogP contribution in [0.2, 0.25) is 0 Å². The highest BCUT2D eigenvalue weighted by atomic mass is 127. The van der Waals surface area contributed by atoms with Crippen LogP contribution >= 0.6 is 24.0 Å². The van der Waals surface area contributed by atoms with Crippen LogP contribution in [0.15, 0.2) is 29.3 Å². The Morgan fingerprint density at radius 3 is 2.53 bits per heavy atom. The van der Waals surface area contributed by atoms with Gasteiger partial charge in [0, 0.05) is 31.7 Å². The molecule has 1 amide bonds. The number of guanidine groups is 1. The van der Waals surface area contributed by atoms with Gasteiger partial charge in [0.1, 0.15) is 0 Å². The second kappa shape index (κ2) is 17.1. The topological polar surface area (TPSA) is 78.0 Å². The van der Waals surface area contributed by atoms with E-state index in [1.54, 1.807) is 0 Å². The molecular weight excluding hydrogens is 517 g/mol. The molecule has 1 aromatic carbocycles. The van der Waals surface area contributed by atoms with Crippen molar-refractivity contribution in [2.24, 2.45) is 4.99 Å². The molecule has 0 aromatic heterocycles. The smallest absolute Gasteiger partial charge is 0.251 e. The van der Waals surface area contributed by atoms with Crippen molar-refractivity contribution in [2.45, 2.75) is 58.1 Å². The molecule has 3 N–H and O–H groups in total. The van der Waals surface area contributed by atoms with Crippen molar-refractivity contribution >= 4 is 35.8 Å². The van der Waals surface area contributed by atoms with Gasteiger partial charge >= 0.3 is 0 Å². The van der Waals surface area contributed by atoms with Gasteiger partial charge in [-0.15, -0.1) is 24.0 Å². The van der Waals surface area contributed by atoms with E-state index in [1.807, 2.05) is 43.3 Å². The molecule has 0 heterocycles. The summed E-state index contributed by atoms with van der Waals surface area (Å²) in [4.78, 5) is 19.1. The highest BCUT2D eigenvalue weighted by molar-refractivity contribution is 14.0. The summed E-state index contributed by atoms with van der Waals surface area (Å²) >= 11 is 0. The van der Waals surface area contributed by atoms with Crippen LogP contribution in [0.4, 0.5) is 0 Å². The first-order valence-electron chi connectivity index (χ1n) is 11.7. The molecule has 0 spiro atoms. The van der Waals surface area contributed by atoms with E-state index < -0.39 is 0 Å². The number of amides is 1. The summed E-state index contributed by atoms with van der Waals surface area (Å²) in [5.74, 6) is 0.723. The largest absolute Gasteiger partial charge is 0.376 e. The van der Waals surface area contributed by atoms with E-state index in [2.05, 4.69) is 27.9 Å². The van der Waals surface area contributed by atoms with Gasteiger partial charge in [-0.25, -0.2) is 4.99 Å². The predicted molar refractivity (Wildman–Crippen MR) is 143 cm³/mol. The number of benzene rings is 1. The third-order valence-corrected chi connectivity index (χ3v) is 5.35. The average molecular weight is 560 g/mol. The maximum absolute atomic E-state index is 12.3. The van der Waals surface area contributed by atoms with Gasteiger partial charge in [-0.1, -0.05) is 37.8 Å².